The number of aryl methyl sites for hydroxylation is 1. The maximum absolute atomic E-state index is 10.9. The van der Waals surface area contributed by atoms with Crippen molar-refractivity contribution < 1.29 is 17.4 Å². The fraction of sp³-hybridized carbons (Fsp3) is 0.111. The standard InChI is InChI=1S/C9H8O4S/c1-6-4-8(14(10,11)12)5-7-2-3-13-9(6)7/h2-5H,1H3,(H,10,11,12). The van der Waals surface area contributed by atoms with E-state index in [2.05, 4.69) is 0 Å². The molecule has 5 heteroatoms. The normalized spacial score (nSPS) is 12.1. The van der Waals surface area contributed by atoms with E-state index < -0.39 is 10.1 Å². The second-order valence-corrected chi connectivity index (χ2v) is 4.48. The van der Waals surface area contributed by atoms with Gasteiger partial charge in [-0.25, -0.2) is 0 Å². The van der Waals surface area contributed by atoms with Gasteiger partial charge in [-0.2, -0.15) is 8.42 Å². The zero-order chi connectivity index (χ0) is 10.3. The predicted molar refractivity (Wildman–Crippen MR) is 50.8 cm³/mol. The van der Waals surface area contributed by atoms with Gasteiger partial charge in [-0.05, 0) is 30.7 Å². The molecule has 0 atom stereocenters. The van der Waals surface area contributed by atoms with Gasteiger partial charge in [0.2, 0.25) is 0 Å². The van der Waals surface area contributed by atoms with Crippen molar-refractivity contribution in [2.45, 2.75) is 11.8 Å². The Morgan fingerprint density at radius 2 is 2.07 bits per heavy atom. The van der Waals surface area contributed by atoms with Gasteiger partial charge in [-0.3, -0.25) is 4.55 Å². The Bertz CT molecular complexity index is 580. The van der Waals surface area contributed by atoms with Crippen LogP contribution in [0.5, 0.6) is 0 Å². The van der Waals surface area contributed by atoms with Crippen LogP contribution < -0.4 is 0 Å². The summed E-state index contributed by atoms with van der Waals surface area (Å²) in [6, 6.07) is 4.40. The van der Waals surface area contributed by atoms with E-state index in [9.17, 15) is 8.42 Å². The molecule has 2 aromatic rings. The molecule has 0 aliphatic heterocycles. The average Bonchev–Trinajstić information content (AvgIpc) is 2.50. The Morgan fingerprint density at radius 3 is 2.71 bits per heavy atom. The third-order valence-corrected chi connectivity index (χ3v) is 2.84. The quantitative estimate of drug-likeness (QED) is 0.734. The smallest absolute Gasteiger partial charge is 0.294 e. The van der Waals surface area contributed by atoms with E-state index in [0.717, 1.165) is 0 Å². The topological polar surface area (TPSA) is 67.5 Å². The molecule has 0 bridgehead atoms. The van der Waals surface area contributed by atoms with Crippen molar-refractivity contribution in [3.8, 4) is 0 Å². The number of fused-ring (bicyclic) bond motifs is 1. The van der Waals surface area contributed by atoms with Crippen molar-refractivity contribution in [3.63, 3.8) is 0 Å². The lowest BCUT2D eigenvalue weighted by Crippen LogP contribution is -1.98. The zero-order valence-corrected chi connectivity index (χ0v) is 8.21. The molecule has 0 amide bonds. The lowest BCUT2D eigenvalue weighted by atomic mass is 10.2. The van der Waals surface area contributed by atoms with Gasteiger partial charge in [0.1, 0.15) is 5.58 Å². The average molecular weight is 212 g/mol. The minimum absolute atomic E-state index is 0.107. The van der Waals surface area contributed by atoms with Gasteiger partial charge in [0, 0.05) is 5.39 Å². The number of hydrogen-bond acceptors (Lipinski definition) is 3. The molecule has 74 valence electrons. The molecule has 4 nitrogen and oxygen atoms in total. The van der Waals surface area contributed by atoms with E-state index in [4.69, 9.17) is 8.97 Å². The van der Waals surface area contributed by atoms with Crippen molar-refractivity contribution in [3.05, 3.63) is 30.0 Å². The molecular formula is C9H8O4S. The molecule has 0 fully saturated rings. The predicted octanol–water partition coefficient (Wildman–Crippen LogP) is 1.99. The van der Waals surface area contributed by atoms with E-state index in [1.807, 2.05) is 0 Å². The van der Waals surface area contributed by atoms with Crippen molar-refractivity contribution in [2.75, 3.05) is 0 Å². The van der Waals surface area contributed by atoms with E-state index in [1.165, 1.54) is 18.4 Å². The maximum atomic E-state index is 10.9. The maximum Gasteiger partial charge on any atom is 0.294 e. The molecule has 0 saturated heterocycles. The van der Waals surface area contributed by atoms with Gasteiger partial charge in [0.05, 0.1) is 11.2 Å². The molecule has 1 aromatic carbocycles. The first-order valence-corrected chi connectivity index (χ1v) is 5.38. The Labute approximate surface area is 80.9 Å². The summed E-state index contributed by atoms with van der Waals surface area (Å²) >= 11 is 0. The second kappa shape index (κ2) is 2.83. The molecule has 0 aliphatic rings. The number of furan rings is 1. The van der Waals surface area contributed by atoms with Crippen LogP contribution in [-0.4, -0.2) is 13.0 Å². The van der Waals surface area contributed by atoms with Crippen LogP contribution in [0.1, 0.15) is 5.56 Å². The van der Waals surface area contributed by atoms with Gasteiger partial charge in [0.15, 0.2) is 0 Å². The highest BCUT2D eigenvalue weighted by Crippen LogP contribution is 2.23. The summed E-state index contributed by atoms with van der Waals surface area (Å²) in [6.07, 6.45) is 1.48. The third kappa shape index (κ3) is 1.40. The van der Waals surface area contributed by atoms with E-state index >= 15 is 0 Å². The highest BCUT2D eigenvalue weighted by molar-refractivity contribution is 7.85. The van der Waals surface area contributed by atoms with Gasteiger partial charge < -0.3 is 4.42 Å². The molecule has 1 heterocycles. The van der Waals surface area contributed by atoms with Gasteiger partial charge >= 0.3 is 0 Å². The Balaban J connectivity index is 2.83. The molecule has 14 heavy (non-hydrogen) atoms. The monoisotopic (exact) mass is 212 g/mol. The number of rotatable bonds is 1. The van der Waals surface area contributed by atoms with Crippen molar-refractivity contribution >= 4 is 21.1 Å². The zero-order valence-electron chi connectivity index (χ0n) is 7.39. The molecule has 0 unspecified atom stereocenters. The van der Waals surface area contributed by atoms with Crippen molar-refractivity contribution in [1.82, 2.24) is 0 Å². The fourth-order valence-corrected chi connectivity index (χ4v) is 1.98. The lowest BCUT2D eigenvalue weighted by Gasteiger charge is -1.99. The Morgan fingerprint density at radius 1 is 1.36 bits per heavy atom. The van der Waals surface area contributed by atoms with Crippen LogP contribution in [0.15, 0.2) is 33.8 Å². The van der Waals surface area contributed by atoms with Crippen LogP contribution in [0, 0.1) is 6.92 Å². The SMILES string of the molecule is Cc1cc(S(=O)(=O)O)cc2ccoc12. The van der Waals surface area contributed by atoms with Crippen LogP contribution in [0.2, 0.25) is 0 Å². The summed E-state index contributed by atoms with van der Waals surface area (Å²) in [4.78, 5) is -0.107. The summed E-state index contributed by atoms with van der Waals surface area (Å²) in [7, 11) is -4.14. The minimum Gasteiger partial charge on any atom is -0.464 e. The van der Waals surface area contributed by atoms with Gasteiger partial charge in [-0.1, -0.05) is 0 Å². The van der Waals surface area contributed by atoms with E-state index in [1.54, 1.807) is 13.0 Å². The second-order valence-electron chi connectivity index (χ2n) is 3.05. The van der Waals surface area contributed by atoms with Crippen LogP contribution in [0.4, 0.5) is 0 Å². The molecule has 0 saturated carbocycles. The summed E-state index contributed by atoms with van der Waals surface area (Å²) in [5.74, 6) is 0. The fourth-order valence-electron chi connectivity index (χ4n) is 1.38. The first-order chi connectivity index (χ1) is 6.48. The molecule has 0 radical (unpaired) electrons. The molecule has 0 spiro atoms. The lowest BCUT2D eigenvalue weighted by molar-refractivity contribution is 0.483. The van der Waals surface area contributed by atoms with Crippen LogP contribution in [-0.2, 0) is 10.1 Å². The van der Waals surface area contributed by atoms with E-state index in [-0.39, 0.29) is 4.90 Å². The Kier molecular flexibility index (Phi) is 1.87. The summed E-state index contributed by atoms with van der Waals surface area (Å²) in [5, 5.41) is 0.664. The molecule has 2 rings (SSSR count). The third-order valence-electron chi connectivity index (χ3n) is 2.01. The largest absolute Gasteiger partial charge is 0.464 e. The molecular weight excluding hydrogens is 204 g/mol. The van der Waals surface area contributed by atoms with Crippen LogP contribution in [0.25, 0.3) is 11.0 Å². The van der Waals surface area contributed by atoms with Crippen molar-refractivity contribution in [2.24, 2.45) is 0 Å². The summed E-state index contributed by atoms with van der Waals surface area (Å²) in [5.41, 5.74) is 1.32. The number of benzene rings is 1. The summed E-state index contributed by atoms with van der Waals surface area (Å²) < 4.78 is 35.7. The van der Waals surface area contributed by atoms with Crippen LogP contribution >= 0.6 is 0 Å². The number of hydrogen-bond donors (Lipinski definition) is 1. The molecule has 1 aromatic heterocycles. The van der Waals surface area contributed by atoms with Crippen LogP contribution in [0.3, 0.4) is 0 Å². The first kappa shape index (κ1) is 9.23. The van der Waals surface area contributed by atoms with Crippen molar-refractivity contribution in [1.29, 1.82) is 0 Å². The molecule has 0 aliphatic carbocycles. The highest BCUT2D eigenvalue weighted by Gasteiger charge is 2.12. The van der Waals surface area contributed by atoms with Gasteiger partial charge in [0.25, 0.3) is 10.1 Å². The molecule has 1 N–H and O–H groups in total. The van der Waals surface area contributed by atoms with E-state index in [0.29, 0.717) is 16.5 Å². The first-order valence-electron chi connectivity index (χ1n) is 3.94. The Hall–Kier alpha value is -1.33. The summed E-state index contributed by atoms with van der Waals surface area (Å²) in [6.45, 7) is 1.72. The highest BCUT2D eigenvalue weighted by atomic mass is 32.2. The van der Waals surface area contributed by atoms with Gasteiger partial charge in [-0.15, -0.1) is 0 Å². The minimum atomic E-state index is -4.14.